The maximum absolute atomic E-state index is 15.5. The van der Waals surface area contributed by atoms with Gasteiger partial charge >= 0.3 is 0 Å². The SMILES string of the molecule is CCc1c(C(=O)C(C)CC)ccc(-c2ccc(CN3CCC(c4ncc(C#N)cn4)CC3)c(N)n2)c1F. The van der Waals surface area contributed by atoms with Gasteiger partial charge in [0.1, 0.15) is 23.5 Å². The van der Waals surface area contributed by atoms with Gasteiger partial charge < -0.3 is 5.73 Å². The molecule has 3 heterocycles. The Kier molecular flexibility index (Phi) is 8.24. The number of nitrogens with zero attached hydrogens (tertiary/aromatic N) is 5. The van der Waals surface area contributed by atoms with E-state index in [9.17, 15) is 4.79 Å². The van der Waals surface area contributed by atoms with Crippen LogP contribution in [-0.2, 0) is 13.0 Å². The van der Waals surface area contributed by atoms with Crippen LogP contribution < -0.4 is 5.73 Å². The molecule has 1 unspecified atom stereocenters. The first-order chi connectivity index (χ1) is 17.9. The van der Waals surface area contributed by atoms with Gasteiger partial charge in [-0.1, -0.05) is 32.9 Å². The van der Waals surface area contributed by atoms with E-state index in [1.54, 1.807) is 30.6 Å². The number of rotatable bonds is 8. The quantitative estimate of drug-likeness (QED) is 0.418. The number of likely N-dealkylation sites (tertiary alicyclic amines) is 1. The maximum Gasteiger partial charge on any atom is 0.166 e. The third-order valence-corrected chi connectivity index (χ3v) is 7.36. The van der Waals surface area contributed by atoms with Gasteiger partial charge in [-0.05, 0) is 56.5 Å². The first kappa shape index (κ1) is 26.4. The van der Waals surface area contributed by atoms with E-state index in [1.165, 1.54) is 0 Å². The summed E-state index contributed by atoms with van der Waals surface area (Å²) in [7, 11) is 0. The van der Waals surface area contributed by atoms with E-state index < -0.39 is 5.82 Å². The van der Waals surface area contributed by atoms with Crippen LogP contribution in [0.2, 0.25) is 0 Å². The lowest BCUT2D eigenvalue weighted by Gasteiger charge is -2.31. The van der Waals surface area contributed by atoms with Crippen molar-refractivity contribution in [2.45, 2.75) is 58.9 Å². The Balaban J connectivity index is 1.45. The molecule has 4 rings (SSSR count). The predicted octanol–water partition coefficient (Wildman–Crippen LogP) is 5.30. The summed E-state index contributed by atoms with van der Waals surface area (Å²) >= 11 is 0. The van der Waals surface area contributed by atoms with Crippen LogP contribution in [0.25, 0.3) is 11.3 Å². The number of pyridine rings is 1. The number of Topliss-reactive ketones (excluding diaryl/α,β-unsaturated/α-hetero) is 1. The van der Waals surface area contributed by atoms with Crippen molar-refractivity contribution in [1.82, 2.24) is 19.9 Å². The minimum atomic E-state index is -0.400. The van der Waals surface area contributed by atoms with Crippen molar-refractivity contribution >= 4 is 11.6 Å². The summed E-state index contributed by atoms with van der Waals surface area (Å²) < 4.78 is 15.5. The number of anilines is 1. The second-order valence-electron chi connectivity index (χ2n) is 9.71. The summed E-state index contributed by atoms with van der Waals surface area (Å²) in [5.41, 5.74) is 9.40. The van der Waals surface area contributed by atoms with Crippen molar-refractivity contribution in [3.8, 4) is 17.3 Å². The van der Waals surface area contributed by atoms with E-state index in [2.05, 4.69) is 19.9 Å². The molecule has 0 saturated carbocycles. The van der Waals surface area contributed by atoms with E-state index in [-0.39, 0.29) is 17.6 Å². The van der Waals surface area contributed by atoms with Crippen molar-refractivity contribution in [1.29, 1.82) is 5.26 Å². The van der Waals surface area contributed by atoms with E-state index >= 15 is 4.39 Å². The molecule has 1 aliphatic rings. The third-order valence-electron chi connectivity index (χ3n) is 7.36. The molecule has 2 N–H and O–H groups in total. The van der Waals surface area contributed by atoms with Crippen molar-refractivity contribution in [3.63, 3.8) is 0 Å². The molecule has 0 amide bonds. The lowest BCUT2D eigenvalue weighted by atomic mass is 9.90. The lowest BCUT2D eigenvalue weighted by Crippen LogP contribution is -2.33. The number of ketones is 1. The van der Waals surface area contributed by atoms with Gasteiger partial charge in [0.25, 0.3) is 0 Å². The number of aromatic nitrogens is 3. The van der Waals surface area contributed by atoms with Gasteiger partial charge in [-0.2, -0.15) is 5.26 Å². The highest BCUT2D eigenvalue weighted by molar-refractivity contribution is 5.99. The second-order valence-corrected chi connectivity index (χ2v) is 9.71. The smallest absolute Gasteiger partial charge is 0.166 e. The van der Waals surface area contributed by atoms with Crippen LogP contribution in [-0.4, -0.2) is 38.7 Å². The van der Waals surface area contributed by atoms with Crippen LogP contribution in [0.5, 0.6) is 0 Å². The molecule has 1 fully saturated rings. The summed E-state index contributed by atoms with van der Waals surface area (Å²) in [6.45, 7) is 8.09. The molecule has 0 spiro atoms. The molecule has 1 atom stereocenters. The summed E-state index contributed by atoms with van der Waals surface area (Å²) in [5.74, 6) is 0.866. The van der Waals surface area contributed by atoms with Gasteiger partial charge in [-0.15, -0.1) is 0 Å². The number of carbonyl (C=O) groups is 1. The van der Waals surface area contributed by atoms with E-state index in [0.29, 0.717) is 53.2 Å². The minimum absolute atomic E-state index is 0.0258. The molecule has 0 aliphatic carbocycles. The fourth-order valence-electron chi connectivity index (χ4n) is 4.83. The second kappa shape index (κ2) is 11.6. The van der Waals surface area contributed by atoms with Crippen molar-refractivity contribution < 1.29 is 9.18 Å². The van der Waals surface area contributed by atoms with Gasteiger partial charge in [0.15, 0.2) is 5.78 Å². The zero-order chi connectivity index (χ0) is 26.5. The number of nitrogen functional groups attached to an aromatic ring is 1. The van der Waals surface area contributed by atoms with E-state index in [4.69, 9.17) is 11.0 Å². The highest BCUT2D eigenvalue weighted by atomic mass is 19.1. The molecule has 1 aromatic carbocycles. The van der Waals surface area contributed by atoms with Gasteiger partial charge in [0.2, 0.25) is 0 Å². The van der Waals surface area contributed by atoms with Crippen LogP contribution in [0.15, 0.2) is 36.7 Å². The van der Waals surface area contributed by atoms with Gasteiger partial charge in [-0.25, -0.2) is 19.3 Å². The normalized spacial score (nSPS) is 15.3. The van der Waals surface area contributed by atoms with Crippen molar-refractivity contribution in [2.24, 2.45) is 5.92 Å². The lowest BCUT2D eigenvalue weighted by molar-refractivity contribution is 0.0926. The van der Waals surface area contributed by atoms with Crippen LogP contribution in [0.4, 0.5) is 10.2 Å². The molecular weight excluding hydrogens is 467 g/mol. The number of halogens is 1. The summed E-state index contributed by atoms with van der Waals surface area (Å²) in [6, 6.07) is 9.13. The van der Waals surface area contributed by atoms with Crippen LogP contribution >= 0.6 is 0 Å². The zero-order valence-corrected chi connectivity index (χ0v) is 21.7. The molecular formula is C29H33FN6O. The average Bonchev–Trinajstić information content (AvgIpc) is 2.93. The largest absolute Gasteiger partial charge is 0.383 e. The number of nitrogens with two attached hydrogens (primary N) is 1. The number of hydrogen-bond donors (Lipinski definition) is 1. The van der Waals surface area contributed by atoms with Gasteiger partial charge in [-0.3, -0.25) is 9.69 Å². The summed E-state index contributed by atoms with van der Waals surface area (Å²) in [6.07, 6.45) is 6.13. The Bertz CT molecular complexity index is 1310. The summed E-state index contributed by atoms with van der Waals surface area (Å²) in [5, 5.41) is 8.93. The summed E-state index contributed by atoms with van der Waals surface area (Å²) in [4.78, 5) is 28.3. The Morgan fingerprint density at radius 2 is 1.89 bits per heavy atom. The fraction of sp³-hybridized carbons (Fsp3) is 0.414. The van der Waals surface area contributed by atoms with Crippen LogP contribution in [0.1, 0.15) is 78.8 Å². The van der Waals surface area contributed by atoms with Crippen LogP contribution in [0, 0.1) is 23.1 Å². The maximum atomic E-state index is 15.5. The molecule has 3 aromatic rings. The fourth-order valence-corrected chi connectivity index (χ4v) is 4.83. The van der Waals surface area contributed by atoms with Crippen molar-refractivity contribution in [3.05, 3.63) is 70.6 Å². The monoisotopic (exact) mass is 500 g/mol. The number of benzene rings is 1. The van der Waals surface area contributed by atoms with Crippen molar-refractivity contribution in [2.75, 3.05) is 18.8 Å². The standard InChI is InChI=1S/C29H33FN6O/c1-4-18(3)27(37)23-7-8-24(26(30)22(23)5-2)25-9-6-21(28(32)35-25)17-36-12-10-20(11-13-36)29-33-15-19(14-31)16-34-29/h6-9,15-16,18,20H,4-5,10-13,17H2,1-3H3,(H2,32,35). The minimum Gasteiger partial charge on any atom is -0.383 e. The molecule has 2 aromatic heterocycles. The molecule has 1 aliphatic heterocycles. The Hall–Kier alpha value is -3.70. The Labute approximate surface area is 217 Å². The van der Waals surface area contributed by atoms with E-state index in [0.717, 1.165) is 37.3 Å². The predicted molar refractivity (Wildman–Crippen MR) is 141 cm³/mol. The zero-order valence-electron chi connectivity index (χ0n) is 21.7. The highest BCUT2D eigenvalue weighted by Crippen LogP contribution is 2.31. The average molecular weight is 501 g/mol. The van der Waals surface area contributed by atoms with E-state index in [1.807, 2.05) is 32.9 Å². The Morgan fingerprint density at radius 3 is 2.49 bits per heavy atom. The molecule has 1 saturated heterocycles. The molecule has 0 radical (unpaired) electrons. The molecule has 192 valence electrons. The molecule has 37 heavy (non-hydrogen) atoms. The van der Waals surface area contributed by atoms with Crippen LogP contribution in [0.3, 0.4) is 0 Å². The van der Waals surface area contributed by atoms with Gasteiger partial charge in [0, 0.05) is 47.5 Å². The number of piperidine rings is 1. The molecule has 7 nitrogen and oxygen atoms in total. The molecule has 8 heteroatoms. The number of hydrogen-bond acceptors (Lipinski definition) is 7. The first-order valence-electron chi connectivity index (χ1n) is 12.9. The third kappa shape index (κ3) is 5.67. The topological polar surface area (TPSA) is 109 Å². The molecule has 0 bridgehead atoms. The number of nitriles is 1. The van der Waals surface area contributed by atoms with Gasteiger partial charge in [0.05, 0.1) is 11.3 Å². The first-order valence-corrected chi connectivity index (χ1v) is 12.9. The number of carbonyl (C=O) groups excluding carboxylic acids is 1. The highest BCUT2D eigenvalue weighted by Gasteiger charge is 2.24. The Morgan fingerprint density at radius 1 is 1.19 bits per heavy atom.